The van der Waals surface area contributed by atoms with Gasteiger partial charge < -0.3 is 0 Å². The molecule has 1 heterocycles. The van der Waals surface area contributed by atoms with Crippen LogP contribution < -0.4 is 5.32 Å². The first-order chi connectivity index (χ1) is 9.65. The van der Waals surface area contributed by atoms with Crippen LogP contribution in [0.15, 0.2) is 41.0 Å². The molecule has 0 unspecified atom stereocenters. The molecule has 1 aliphatic carbocycles. The maximum absolute atomic E-state index is 12.1. The summed E-state index contributed by atoms with van der Waals surface area (Å²) in [5.41, 5.74) is 3.21. The molecule has 0 saturated carbocycles. The Balaban J connectivity index is 2.06. The standard InChI is InChI=1S/C16H14ClNO2/c17-11-7-5-10(6-8-11)9-14-12-3-1-2-4-13(12)15(19)18-16(14)20/h5-9H,1-4H2,(H,18,19,20)/b14-9-. The van der Waals surface area contributed by atoms with Crippen LogP contribution >= 0.6 is 11.6 Å². The molecule has 1 aromatic rings. The third-order valence-electron chi connectivity index (χ3n) is 3.72. The van der Waals surface area contributed by atoms with Gasteiger partial charge in [-0.3, -0.25) is 14.9 Å². The molecule has 102 valence electrons. The zero-order chi connectivity index (χ0) is 14.1. The van der Waals surface area contributed by atoms with Crippen LogP contribution in [-0.2, 0) is 9.59 Å². The molecule has 3 rings (SSSR count). The van der Waals surface area contributed by atoms with Crippen molar-refractivity contribution < 1.29 is 9.59 Å². The highest BCUT2D eigenvalue weighted by atomic mass is 35.5. The number of nitrogens with one attached hydrogen (secondary N) is 1. The van der Waals surface area contributed by atoms with Crippen LogP contribution in [-0.4, -0.2) is 11.8 Å². The lowest BCUT2D eigenvalue weighted by molar-refractivity contribution is -0.127. The summed E-state index contributed by atoms with van der Waals surface area (Å²) in [5.74, 6) is -0.524. The Morgan fingerprint density at radius 3 is 2.30 bits per heavy atom. The molecule has 4 heteroatoms. The van der Waals surface area contributed by atoms with Gasteiger partial charge in [0.25, 0.3) is 11.8 Å². The molecular weight excluding hydrogens is 274 g/mol. The molecule has 2 aliphatic rings. The Labute approximate surface area is 122 Å². The maximum Gasteiger partial charge on any atom is 0.258 e. The molecule has 1 N–H and O–H groups in total. The number of rotatable bonds is 1. The van der Waals surface area contributed by atoms with Gasteiger partial charge in [-0.2, -0.15) is 0 Å². The van der Waals surface area contributed by atoms with E-state index < -0.39 is 0 Å². The van der Waals surface area contributed by atoms with Crippen LogP contribution in [0.2, 0.25) is 5.02 Å². The van der Waals surface area contributed by atoms with E-state index in [1.54, 1.807) is 12.1 Å². The average Bonchev–Trinajstić information content (AvgIpc) is 2.45. The Morgan fingerprint density at radius 1 is 0.950 bits per heavy atom. The number of hydrogen-bond acceptors (Lipinski definition) is 2. The van der Waals surface area contributed by atoms with Crippen molar-refractivity contribution in [2.45, 2.75) is 25.7 Å². The number of imide groups is 1. The summed E-state index contributed by atoms with van der Waals surface area (Å²) in [6.07, 6.45) is 5.42. The molecule has 1 aromatic carbocycles. The predicted molar refractivity (Wildman–Crippen MR) is 78.1 cm³/mol. The third kappa shape index (κ3) is 2.41. The molecule has 0 aromatic heterocycles. The van der Waals surface area contributed by atoms with E-state index in [9.17, 15) is 9.59 Å². The lowest BCUT2D eigenvalue weighted by atomic mass is 9.83. The number of amides is 2. The van der Waals surface area contributed by atoms with Crippen molar-refractivity contribution in [3.05, 3.63) is 51.6 Å². The number of carbonyl (C=O) groups is 2. The minimum Gasteiger partial charge on any atom is -0.288 e. The average molecular weight is 288 g/mol. The van der Waals surface area contributed by atoms with E-state index in [1.807, 2.05) is 18.2 Å². The van der Waals surface area contributed by atoms with Crippen molar-refractivity contribution in [1.82, 2.24) is 5.32 Å². The normalized spacial score (nSPS) is 20.9. The lowest BCUT2D eigenvalue weighted by Crippen LogP contribution is -2.39. The summed E-state index contributed by atoms with van der Waals surface area (Å²) in [6.45, 7) is 0. The highest BCUT2D eigenvalue weighted by Gasteiger charge is 2.30. The van der Waals surface area contributed by atoms with Gasteiger partial charge in [0.05, 0.1) is 0 Å². The van der Waals surface area contributed by atoms with E-state index in [2.05, 4.69) is 5.32 Å². The minimum absolute atomic E-state index is 0.224. The van der Waals surface area contributed by atoms with Gasteiger partial charge in [-0.1, -0.05) is 23.7 Å². The quantitative estimate of drug-likeness (QED) is 0.636. The zero-order valence-corrected chi connectivity index (χ0v) is 11.7. The second-order valence-electron chi connectivity index (χ2n) is 5.06. The smallest absolute Gasteiger partial charge is 0.258 e. The molecule has 0 fully saturated rings. The molecule has 3 nitrogen and oxygen atoms in total. The van der Waals surface area contributed by atoms with Gasteiger partial charge in [0.2, 0.25) is 0 Å². The van der Waals surface area contributed by atoms with Crippen LogP contribution in [0.5, 0.6) is 0 Å². The van der Waals surface area contributed by atoms with Gasteiger partial charge in [-0.05, 0) is 55.0 Å². The second kappa shape index (κ2) is 5.25. The molecule has 0 radical (unpaired) electrons. The topological polar surface area (TPSA) is 46.2 Å². The molecule has 0 atom stereocenters. The van der Waals surface area contributed by atoms with E-state index >= 15 is 0 Å². The third-order valence-corrected chi connectivity index (χ3v) is 3.97. The van der Waals surface area contributed by atoms with E-state index in [4.69, 9.17) is 11.6 Å². The van der Waals surface area contributed by atoms with Gasteiger partial charge in [0.15, 0.2) is 0 Å². The first-order valence-corrected chi connectivity index (χ1v) is 7.08. The fourth-order valence-electron chi connectivity index (χ4n) is 2.71. The maximum atomic E-state index is 12.1. The monoisotopic (exact) mass is 287 g/mol. The van der Waals surface area contributed by atoms with Crippen molar-refractivity contribution >= 4 is 29.5 Å². The van der Waals surface area contributed by atoms with Crippen molar-refractivity contribution in [1.29, 1.82) is 0 Å². The molecular formula is C16H14ClNO2. The summed E-state index contributed by atoms with van der Waals surface area (Å²) in [6, 6.07) is 7.30. The van der Waals surface area contributed by atoms with E-state index in [0.29, 0.717) is 10.6 Å². The highest BCUT2D eigenvalue weighted by molar-refractivity contribution is 6.30. The summed E-state index contributed by atoms with van der Waals surface area (Å²) >= 11 is 5.86. The van der Waals surface area contributed by atoms with E-state index in [-0.39, 0.29) is 11.8 Å². The Morgan fingerprint density at radius 2 is 1.60 bits per heavy atom. The summed E-state index contributed by atoms with van der Waals surface area (Å²) in [7, 11) is 0. The van der Waals surface area contributed by atoms with E-state index in [0.717, 1.165) is 42.4 Å². The summed E-state index contributed by atoms with van der Waals surface area (Å²) < 4.78 is 0. The second-order valence-corrected chi connectivity index (χ2v) is 5.49. The SMILES string of the molecule is O=C1NC(=O)/C(=C\c2ccc(Cl)cc2)C2=C1CCCC2. The van der Waals surface area contributed by atoms with Gasteiger partial charge in [-0.15, -0.1) is 0 Å². The molecule has 0 saturated heterocycles. The molecule has 2 amide bonds. The van der Waals surface area contributed by atoms with Crippen molar-refractivity contribution in [3.63, 3.8) is 0 Å². The predicted octanol–water partition coefficient (Wildman–Crippen LogP) is 3.25. The largest absolute Gasteiger partial charge is 0.288 e. The Hall–Kier alpha value is -1.87. The van der Waals surface area contributed by atoms with Crippen LogP contribution in [0.1, 0.15) is 31.2 Å². The number of carbonyl (C=O) groups excluding carboxylic acids is 2. The van der Waals surface area contributed by atoms with Gasteiger partial charge in [0.1, 0.15) is 0 Å². The fourth-order valence-corrected chi connectivity index (χ4v) is 2.84. The van der Waals surface area contributed by atoms with Crippen LogP contribution in [0.3, 0.4) is 0 Å². The van der Waals surface area contributed by atoms with E-state index in [1.165, 1.54) is 0 Å². The van der Waals surface area contributed by atoms with Crippen LogP contribution in [0.25, 0.3) is 6.08 Å². The molecule has 0 bridgehead atoms. The highest BCUT2D eigenvalue weighted by Crippen LogP contribution is 2.33. The molecule has 20 heavy (non-hydrogen) atoms. The van der Waals surface area contributed by atoms with Gasteiger partial charge >= 0.3 is 0 Å². The van der Waals surface area contributed by atoms with Crippen LogP contribution in [0, 0.1) is 0 Å². The number of hydrogen-bond donors (Lipinski definition) is 1. The van der Waals surface area contributed by atoms with Crippen molar-refractivity contribution in [2.24, 2.45) is 0 Å². The lowest BCUT2D eigenvalue weighted by Gasteiger charge is -2.25. The van der Waals surface area contributed by atoms with Gasteiger partial charge in [0, 0.05) is 16.2 Å². The number of halogens is 1. The zero-order valence-electron chi connectivity index (χ0n) is 10.9. The van der Waals surface area contributed by atoms with Crippen molar-refractivity contribution in [3.8, 4) is 0 Å². The Bertz CT molecular complexity index is 641. The summed E-state index contributed by atoms with van der Waals surface area (Å²) in [5, 5.41) is 3.09. The Kier molecular flexibility index (Phi) is 3.45. The number of benzene rings is 1. The minimum atomic E-state index is -0.300. The first kappa shape index (κ1) is 13.1. The van der Waals surface area contributed by atoms with Gasteiger partial charge in [-0.25, -0.2) is 0 Å². The van der Waals surface area contributed by atoms with Crippen LogP contribution in [0.4, 0.5) is 0 Å². The molecule has 0 spiro atoms. The first-order valence-electron chi connectivity index (χ1n) is 6.70. The fraction of sp³-hybridized carbons (Fsp3) is 0.250. The van der Waals surface area contributed by atoms with Crippen molar-refractivity contribution in [2.75, 3.05) is 0 Å². The summed E-state index contributed by atoms with van der Waals surface area (Å²) in [4.78, 5) is 23.9. The molecule has 1 aliphatic heterocycles.